The molecule has 0 aliphatic rings. The van der Waals surface area contributed by atoms with Crippen LogP contribution in [-0.2, 0) is 6.54 Å². The van der Waals surface area contributed by atoms with E-state index in [0.717, 1.165) is 28.7 Å². The van der Waals surface area contributed by atoms with Crippen LogP contribution in [-0.4, -0.2) is 16.2 Å². The number of allylic oxidation sites excluding steroid dienone is 4. The summed E-state index contributed by atoms with van der Waals surface area (Å²) in [5.41, 5.74) is 8.80. The Labute approximate surface area is 119 Å². The van der Waals surface area contributed by atoms with E-state index >= 15 is 0 Å². The number of aromatic hydroxyl groups is 1. The van der Waals surface area contributed by atoms with Gasteiger partial charge in [-0.05, 0) is 36.8 Å². The maximum Gasteiger partial charge on any atom is 0.116 e. The number of phenolic OH excluding ortho intramolecular Hbond substituents is 1. The molecule has 0 fully saturated rings. The van der Waals surface area contributed by atoms with Crippen molar-refractivity contribution < 1.29 is 5.11 Å². The number of aromatic nitrogens is 1. The summed E-state index contributed by atoms with van der Waals surface area (Å²) in [4.78, 5) is 0. The Morgan fingerprint density at radius 2 is 2.20 bits per heavy atom. The Balaban J connectivity index is 2.65. The Hall–Kier alpha value is -2.26. The third-order valence-electron chi connectivity index (χ3n) is 3.23. The van der Waals surface area contributed by atoms with Gasteiger partial charge in [-0.25, -0.2) is 0 Å². The summed E-state index contributed by atoms with van der Waals surface area (Å²) in [5.74, 6) is 0.282. The molecule has 0 saturated heterocycles. The number of phenols is 1. The first-order valence-electron chi connectivity index (χ1n) is 6.73. The molecular weight excluding hydrogens is 248 g/mol. The molecule has 0 aliphatic heterocycles. The lowest BCUT2D eigenvalue weighted by Gasteiger charge is -2.08. The van der Waals surface area contributed by atoms with Gasteiger partial charge < -0.3 is 15.4 Å². The van der Waals surface area contributed by atoms with Crippen molar-refractivity contribution in [3.8, 4) is 5.75 Å². The van der Waals surface area contributed by atoms with Crippen molar-refractivity contribution in [1.29, 1.82) is 0 Å². The molecule has 3 nitrogen and oxygen atoms in total. The SMILES string of the molecule is C=C/C=C(\C=C/CN)c1cc2cc(O)ccc2n1CC. The fraction of sp³-hybridized carbons (Fsp3) is 0.176. The summed E-state index contributed by atoms with van der Waals surface area (Å²) in [6.45, 7) is 7.23. The number of nitrogens with zero attached hydrogens (tertiary/aromatic N) is 1. The average Bonchev–Trinajstić information content (AvgIpc) is 2.80. The third kappa shape index (κ3) is 2.68. The van der Waals surface area contributed by atoms with E-state index in [4.69, 9.17) is 5.73 Å². The summed E-state index contributed by atoms with van der Waals surface area (Å²) in [6, 6.07) is 7.51. The molecule has 2 aromatic rings. The highest BCUT2D eigenvalue weighted by Crippen LogP contribution is 2.28. The predicted octanol–water partition coefficient (Wildman–Crippen LogP) is 3.45. The predicted molar refractivity (Wildman–Crippen MR) is 85.6 cm³/mol. The standard InChI is InChI=1S/C17H20N2O/c1-3-6-13(7-5-10-18)17-12-14-11-15(20)8-9-16(14)19(17)4-2/h3,5-9,11-12,20H,1,4,10,18H2,2H3/b7-5-,13-6+. The maximum absolute atomic E-state index is 9.62. The molecule has 2 rings (SSSR count). The number of hydrogen-bond donors (Lipinski definition) is 2. The quantitative estimate of drug-likeness (QED) is 0.816. The number of hydrogen-bond acceptors (Lipinski definition) is 2. The van der Waals surface area contributed by atoms with E-state index in [1.54, 1.807) is 18.2 Å². The summed E-state index contributed by atoms with van der Waals surface area (Å²) in [5, 5.41) is 10.6. The lowest BCUT2D eigenvalue weighted by Crippen LogP contribution is -1.99. The van der Waals surface area contributed by atoms with Crippen molar-refractivity contribution in [3.05, 3.63) is 60.8 Å². The Morgan fingerprint density at radius 3 is 2.85 bits per heavy atom. The van der Waals surface area contributed by atoms with Gasteiger partial charge >= 0.3 is 0 Å². The van der Waals surface area contributed by atoms with Crippen LogP contribution in [0.2, 0.25) is 0 Å². The molecule has 0 radical (unpaired) electrons. The minimum absolute atomic E-state index is 0.282. The van der Waals surface area contributed by atoms with Gasteiger partial charge in [0.15, 0.2) is 0 Å². The molecule has 20 heavy (non-hydrogen) atoms. The number of nitrogens with two attached hydrogens (primary N) is 1. The van der Waals surface area contributed by atoms with Crippen molar-refractivity contribution in [1.82, 2.24) is 4.57 Å². The molecule has 3 heteroatoms. The monoisotopic (exact) mass is 268 g/mol. The van der Waals surface area contributed by atoms with Gasteiger partial charge in [-0.3, -0.25) is 0 Å². The van der Waals surface area contributed by atoms with Crippen molar-refractivity contribution in [3.63, 3.8) is 0 Å². The molecule has 0 unspecified atom stereocenters. The number of fused-ring (bicyclic) bond motifs is 1. The molecule has 1 aromatic carbocycles. The van der Waals surface area contributed by atoms with Crippen LogP contribution in [0, 0.1) is 0 Å². The smallest absolute Gasteiger partial charge is 0.116 e. The second kappa shape index (κ2) is 6.26. The zero-order valence-electron chi connectivity index (χ0n) is 11.7. The van der Waals surface area contributed by atoms with E-state index in [9.17, 15) is 5.11 Å². The van der Waals surface area contributed by atoms with Crippen molar-refractivity contribution in [2.75, 3.05) is 6.54 Å². The zero-order chi connectivity index (χ0) is 14.5. The molecule has 0 amide bonds. The zero-order valence-corrected chi connectivity index (χ0v) is 11.7. The number of aryl methyl sites for hydroxylation is 1. The first-order chi connectivity index (χ1) is 9.71. The highest BCUT2D eigenvalue weighted by molar-refractivity contribution is 5.89. The van der Waals surface area contributed by atoms with Crippen molar-refractivity contribution in [2.24, 2.45) is 5.73 Å². The molecule has 0 aliphatic carbocycles. The first kappa shape index (κ1) is 14.2. The Morgan fingerprint density at radius 1 is 1.40 bits per heavy atom. The van der Waals surface area contributed by atoms with Crippen LogP contribution >= 0.6 is 0 Å². The van der Waals surface area contributed by atoms with Gasteiger partial charge in [0.2, 0.25) is 0 Å². The lowest BCUT2D eigenvalue weighted by atomic mass is 10.1. The fourth-order valence-corrected chi connectivity index (χ4v) is 2.39. The Bertz CT molecular complexity index is 678. The molecule has 1 aromatic heterocycles. The van der Waals surface area contributed by atoms with Gasteiger partial charge in [0, 0.05) is 29.7 Å². The van der Waals surface area contributed by atoms with Gasteiger partial charge in [0.05, 0.1) is 0 Å². The van der Waals surface area contributed by atoms with Crippen molar-refractivity contribution in [2.45, 2.75) is 13.5 Å². The summed E-state index contributed by atoms with van der Waals surface area (Å²) in [7, 11) is 0. The molecule has 0 atom stereocenters. The topological polar surface area (TPSA) is 51.2 Å². The van der Waals surface area contributed by atoms with E-state index in [2.05, 4.69) is 24.1 Å². The average molecular weight is 268 g/mol. The number of benzene rings is 1. The fourth-order valence-electron chi connectivity index (χ4n) is 2.39. The van der Waals surface area contributed by atoms with E-state index in [0.29, 0.717) is 6.54 Å². The highest BCUT2D eigenvalue weighted by atomic mass is 16.3. The molecule has 3 N–H and O–H groups in total. The van der Waals surface area contributed by atoms with Crippen LogP contribution in [0.5, 0.6) is 5.75 Å². The summed E-state index contributed by atoms with van der Waals surface area (Å²) < 4.78 is 2.21. The summed E-state index contributed by atoms with van der Waals surface area (Å²) >= 11 is 0. The molecule has 104 valence electrons. The van der Waals surface area contributed by atoms with Crippen LogP contribution in [0.15, 0.2) is 55.1 Å². The van der Waals surface area contributed by atoms with Gasteiger partial charge in [-0.1, -0.05) is 30.9 Å². The minimum Gasteiger partial charge on any atom is -0.508 e. The van der Waals surface area contributed by atoms with Gasteiger partial charge in [0.25, 0.3) is 0 Å². The van der Waals surface area contributed by atoms with E-state index in [-0.39, 0.29) is 5.75 Å². The van der Waals surface area contributed by atoms with Crippen LogP contribution in [0.1, 0.15) is 12.6 Å². The highest BCUT2D eigenvalue weighted by Gasteiger charge is 2.10. The Kier molecular flexibility index (Phi) is 4.43. The molecule has 0 saturated carbocycles. The van der Waals surface area contributed by atoms with Crippen LogP contribution < -0.4 is 5.73 Å². The van der Waals surface area contributed by atoms with Crippen molar-refractivity contribution >= 4 is 16.5 Å². The van der Waals surface area contributed by atoms with E-state index < -0.39 is 0 Å². The normalized spacial score (nSPS) is 12.4. The molecule has 1 heterocycles. The third-order valence-corrected chi connectivity index (χ3v) is 3.23. The molecule has 0 spiro atoms. The maximum atomic E-state index is 9.62. The van der Waals surface area contributed by atoms with E-state index in [1.807, 2.05) is 24.3 Å². The van der Waals surface area contributed by atoms with Crippen LogP contribution in [0.3, 0.4) is 0 Å². The van der Waals surface area contributed by atoms with Gasteiger partial charge in [0.1, 0.15) is 5.75 Å². The first-order valence-corrected chi connectivity index (χ1v) is 6.73. The van der Waals surface area contributed by atoms with Gasteiger partial charge in [-0.15, -0.1) is 0 Å². The number of rotatable bonds is 5. The second-order valence-corrected chi connectivity index (χ2v) is 4.51. The largest absolute Gasteiger partial charge is 0.508 e. The molecule has 0 bridgehead atoms. The minimum atomic E-state index is 0.282. The van der Waals surface area contributed by atoms with E-state index in [1.165, 1.54) is 0 Å². The van der Waals surface area contributed by atoms with Crippen LogP contribution in [0.4, 0.5) is 0 Å². The lowest BCUT2D eigenvalue weighted by molar-refractivity contribution is 0.476. The second-order valence-electron chi connectivity index (χ2n) is 4.51. The van der Waals surface area contributed by atoms with Crippen LogP contribution in [0.25, 0.3) is 16.5 Å². The molecular formula is C17H20N2O. The van der Waals surface area contributed by atoms with Gasteiger partial charge in [-0.2, -0.15) is 0 Å². The summed E-state index contributed by atoms with van der Waals surface area (Å²) in [6.07, 6.45) is 7.66.